The molecule has 3 aliphatic rings. The highest BCUT2D eigenvalue weighted by Crippen LogP contribution is 2.50. The van der Waals surface area contributed by atoms with E-state index in [2.05, 4.69) is 14.0 Å². The third kappa shape index (κ3) is 4.90. The van der Waals surface area contributed by atoms with Gasteiger partial charge in [-0.05, 0) is 38.5 Å². The predicted octanol–water partition coefficient (Wildman–Crippen LogP) is 4.84. The molecule has 0 bridgehead atoms. The quantitative estimate of drug-likeness (QED) is 0.687. The van der Waals surface area contributed by atoms with Gasteiger partial charge in [0.05, 0.1) is 0 Å². The van der Waals surface area contributed by atoms with E-state index < -0.39 is 0 Å². The van der Waals surface area contributed by atoms with E-state index in [1.54, 1.807) is 0 Å². The lowest BCUT2D eigenvalue weighted by atomic mass is 10.2. The third-order valence-electron chi connectivity index (χ3n) is 5.51. The zero-order valence-electron chi connectivity index (χ0n) is 14.5. The van der Waals surface area contributed by atoms with E-state index in [0.29, 0.717) is 0 Å². The summed E-state index contributed by atoms with van der Waals surface area (Å²) >= 11 is 0. The van der Waals surface area contributed by atoms with Crippen LogP contribution in [0, 0.1) is 0 Å². The van der Waals surface area contributed by atoms with Gasteiger partial charge in [0.1, 0.15) is 8.37 Å². The van der Waals surface area contributed by atoms with Crippen LogP contribution in [-0.2, 0) is 0 Å². The number of nitrogens with zero attached hydrogens (tertiary/aromatic N) is 3. The van der Waals surface area contributed by atoms with Crippen molar-refractivity contribution in [2.45, 2.75) is 77.0 Å². The van der Waals surface area contributed by atoms with Crippen LogP contribution in [0.1, 0.15) is 77.0 Å². The van der Waals surface area contributed by atoms with Gasteiger partial charge in [0.25, 0.3) is 0 Å². The lowest BCUT2D eigenvalue weighted by Crippen LogP contribution is -2.39. The van der Waals surface area contributed by atoms with Gasteiger partial charge in [0.15, 0.2) is 0 Å². The fourth-order valence-electron chi connectivity index (χ4n) is 4.24. The minimum atomic E-state index is -0.166. The summed E-state index contributed by atoms with van der Waals surface area (Å²) in [6.07, 6.45) is 17.3. The molecule has 3 saturated heterocycles. The maximum Gasteiger partial charge on any atom is 0.120 e. The molecule has 0 spiro atoms. The Hall–Kier alpha value is 0.310. The molecule has 0 atom stereocenters. The Morgan fingerprint density at radius 2 is 0.545 bits per heavy atom. The fraction of sp³-hybridized carbons (Fsp3) is 1.00. The zero-order valence-corrected chi connectivity index (χ0v) is 15.4. The maximum absolute atomic E-state index is 2.92. The predicted molar refractivity (Wildman–Crippen MR) is 97.0 cm³/mol. The van der Waals surface area contributed by atoms with Crippen molar-refractivity contribution in [3.63, 3.8) is 0 Å². The van der Waals surface area contributed by atoms with E-state index in [4.69, 9.17) is 0 Å². The largest absolute Gasteiger partial charge is 0.257 e. The highest BCUT2D eigenvalue weighted by atomic mass is 31.2. The lowest BCUT2D eigenvalue weighted by molar-refractivity contribution is 0.327. The van der Waals surface area contributed by atoms with Crippen molar-refractivity contribution in [1.82, 2.24) is 14.0 Å². The molecule has 0 amide bonds. The Balaban J connectivity index is 1.72. The molecule has 0 unspecified atom stereocenters. The van der Waals surface area contributed by atoms with Gasteiger partial charge in [0.2, 0.25) is 0 Å². The Morgan fingerprint density at radius 3 is 0.773 bits per heavy atom. The van der Waals surface area contributed by atoms with Gasteiger partial charge in [-0.15, -0.1) is 0 Å². The molecule has 3 heterocycles. The summed E-state index contributed by atoms with van der Waals surface area (Å²) in [5, 5.41) is 0. The summed E-state index contributed by atoms with van der Waals surface area (Å²) in [6.45, 7) is 8.16. The molecule has 3 rings (SSSR count). The van der Waals surface area contributed by atoms with E-state index in [9.17, 15) is 0 Å². The lowest BCUT2D eigenvalue weighted by Gasteiger charge is -2.44. The van der Waals surface area contributed by atoms with E-state index in [1.807, 2.05) is 0 Å². The highest BCUT2D eigenvalue weighted by Gasteiger charge is 2.32. The third-order valence-corrected chi connectivity index (χ3v) is 8.22. The minimum Gasteiger partial charge on any atom is -0.257 e. The Bertz CT molecular complexity index is 241. The summed E-state index contributed by atoms with van der Waals surface area (Å²) < 4.78 is 8.75. The van der Waals surface area contributed by atoms with Gasteiger partial charge in [0, 0.05) is 39.3 Å². The maximum atomic E-state index is 2.92. The Kier molecular flexibility index (Phi) is 7.46. The molecule has 0 radical (unpaired) electrons. The first-order chi connectivity index (χ1) is 10.9. The molecule has 4 heteroatoms. The first-order valence-corrected chi connectivity index (χ1v) is 11.2. The van der Waals surface area contributed by atoms with Crippen LogP contribution in [0.3, 0.4) is 0 Å². The molecule has 3 nitrogen and oxygen atoms in total. The summed E-state index contributed by atoms with van der Waals surface area (Å²) in [6, 6.07) is 0. The van der Waals surface area contributed by atoms with Crippen LogP contribution in [0.15, 0.2) is 0 Å². The van der Waals surface area contributed by atoms with E-state index in [-0.39, 0.29) is 8.37 Å². The van der Waals surface area contributed by atoms with Crippen molar-refractivity contribution in [1.29, 1.82) is 0 Å². The first kappa shape index (κ1) is 17.1. The Morgan fingerprint density at radius 1 is 0.318 bits per heavy atom. The molecular formula is C18H36N3P. The van der Waals surface area contributed by atoms with Crippen molar-refractivity contribution in [2.75, 3.05) is 39.3 Å². The second-order valence-corrected chi connectivity index (χ2v) is 9.61. The molecular weight excluding hydrogens is 289 g/mol. The zero-order chi connectivity index (χ0) is 15.0. The smallest absolute Gasteiger partial charge is 0.120 e. The number of hydrogen-bond donors (Lipinski definition) is 0. The van der Waals surface area contributed by atoms with Crippen molar-refractivity contribution >= 4 is 8.37 Å². The van der Waals surface area contributed by atoms with Gasteiger partial charge < -0.3 is 0 Å². The fourth-order valence-corrected chi connectivity index (χ4v) is 7.23. The van der Waals surface area contributed by atoms with Gasteiger partial charge in [-0.2, -0.15) is 0 Å². The highest BCUT2D eigenvalue weighted by molar-refractivity contribution is 7.50. The van der Waals surface area contributed by atoms with Crippen LogP contribution in [0.5, 0.6) is 0 Å². The van der Waals surface area contributed by atoms with Crippen LogP contribution in [0.4, 0.5) is 0 Å². The molecule has 3 aliphatic heterocycles. The standard InChI is InChI=1S/C18H36N3P/c1-2-8-14-19(13-7-1)22(20-15-9-3-4-10-16-20)21-17-11-5-6-12-18-21/h1-18H2. The van der Waals surface area contributed by atoms with Gasteiger partial charge in [-0.25, -0.2) is 0 Å². The van der Waals surface area contributed by atoms with Gasteiger partial charge in [-0.3, -0.25) is 14.0 Å². The first-order valence-electron chi connectivity index (χ1n) is 10.00. The summed E-state index contributed by atoms with van der Waals surface area (Å²) in [7, 11) is -0.166. The molecule has 0 aromatic carbocycles. The van der Waals surface area contributed by atoms with Crippen LogP contribution in [-0.4, -0.2) is 53.3 Å². The average Bonchev–Trinajstić information content (AvgIpc) is 3.04. The monoisotopic (exact) mass is 325 g/mol. The van der Waals surface area contributed by atoms with E-state index >= 15 is 0 Å². The van der Waals surface area contributed by atoms with Crippen LogP contribution >= 0.6 is 8.37 Å². The second-order valence-electron chi connectivity index (χ2n) is 7.37. The van der Waals surface area contributed by atoms with Crippen molar-refractivity contribution in [2.24, 2.45) is 0 Å². The van der Waals surface area contributed by atoms with Gasteiger partial charge >= 0.3 is 0 Å². The molecule has 0 saturated carbocycles. The molecule has 0 aromatic rings. The Labute approximate surface area is 139 Å². The number of hydrogen-bond acceptors (Lipinski definition) is 3. The average molecular weight is 325 g/mol. The van der Waals surface area contributed by atoms with Crippen molar-refractivity contribution in [3.05, 3.63) is 0 Å². The molecule has 0 aromatic heterocycles. The molecule has 22 heavy (non-hydrogen) atoms. The molecule has 128 valence electrons. The minimum absolute atomic E-state index is 0.166. The van der Waals surface area contributed by atoms with Crippen LogP contribution < -0.4 is 0 Å². The topological polar surface area (TPSA) is 9.72 Å². The summed E-state index contributed by atoms with van der Waals surface area (Å²) in [5.41, 5.74) is 0. The van der Waals surface area contributed by atoms with Crippen LogP contribution in [0.2, 0.25) is 0 Å². The van der Waals surface area contributed by atoms with E-state index in [1.165, 1.54) is 116 Å². The SMILES string of the molecule is C1CCCN(P(N2CCCCCC2)N2CCCCCC2)CC1. The van der Waals surface area contributed by atoms with E-state index in [0.717, 1.165) is 0 Å². The van der Waals surface area contributed by atoms with Crippen molar-refractivity contribution < 1.29 is 0 Å². The van der Waals surface area contributed by atoms with Crippen molar-refractivity contribution in [3.8, 4) is 0 Å². The normalized spacial score (nSPS) is 28.2. The second kappa shape index (κ2) is 9.57. The molecule has 0 N–H and O–H groups in total. The van der Waals surface area contributed by atoms with Crippen LogP contribution in [0.25, 0.3) is 0 Å². The summed E-state index contributed by atoms with van der Waals surface area (Å²) in [4.78, 5) is 0. The molecule has 3 fully saturated rings. The number of rotatable bonds is 3. The van der Waals surface area contributed by atoms with Gasteiger partial charge in [-0.1, -0.05) is 38.5 Å². The molecule has 0 aliphatic carbocycles. The summed E-state index contributed by atoms with van der Waals surface area (Å²) in [5.74, 6) is 0.